The molecule has 18 heavy (non-hydrogen) atoms. The van der Waals surface area contributed by atoms with Gasteiger partial charge in [-0.2, -0.15) is 0 Å². The molecule has 0 saturated heterocycles. The van der Waals surface area contributed by atoms with Crippen molar-refractivity contribution in [1.29, 1.82) is 0 Å². The average molecular weight is 254 g/mol. The Bertz CT molecular complexity index is 280. The minimum Gasteiger partial charge on any atom is -0.389 e. The molecule has 0 heterocycles. The van der Waals surface area contributed by atoms with Crippen molar-refractivity contribution in [1.82, 2.24) is 5.32 Å². The van der Waals surface area contributed by atoms with E-state index < -0.39 is 5.60 Å². The van der Waals surface area contributed by atoms with Gasteiger partial charge in [0, 0.05) is 19.0 Å². The van der Waals surface area contributed by atoms with Gasteiger partial charge in [-0.1, -0.05) is 12.8 Å². The van der Waals surface area contributed by atoms with Crippen molar-refractivity contribution >= 4 is 5.91 Å². The van der Waals surface area contributed by atoms with Gasteiger partial charge in [-0.05, 0) is 44.4 Å². The van der Waals surface area contributed by atoms with Crippen molar-refractivity contribution in [3.8, 4) is 0 Å². The predicted octanol–water partition coefficient (Wildman–Crippen LogP) is 1.17. The summed E-state index contributed by atoms with van der Waals surface area (Å²) in [6.45, 7) is 1.15. The molecule has 2 aliphatic carbocycles. The summed E-state index contributed by atoms with van der Waals surface area (Å²) in [5, 5.41) is 13.1. The number of carbonyl (C=O) groups is 1. The number of rotatable bonds is 4. The molecule has 1 amide bonds. The summed E-state index contributed by atoms with van der Waals surface area (Å²) in [5.41, 5.74) is 4.83. The highest BCUT2D eigenvalue weighted by Crippen LogP contribution is 2.31. The molecule has 2 saturated carbocycles. The standard InChI is InChI=1S/C14H26N2O2/c15-10-14(18)7-5-12(6-8-14)13(17)16-9-11-3-1-2-4-11/h11-12,18H,1-10,15H2,(H,16,17). The Morgan fingerprint density at radius 1 is 1.22 bits per heavy atom. The second kappa shape index (κ2) is 6.02. The van der Waals surface area contributed by atoms with Crippen LogP contribution in [-0.2, 0) is 4.79 Å². The summed E-state index contributed by atoms with van der Waals surface area (Å²) < 4.78 is 0. The van der Waals surface area contributed by atoms with Gasteiger partial charge in [-0.3, -0.25) is 4.79 Å². The van der Waals surface area contributed by atoms with Crippen LogP contribution in [0, 0.1) is 11.8 Å². The van der Waals surface area contributed by atoms with Crippen molar-refractivity contribution in [2.45, 2.75) is 57.0 Å². The third-order valence-corrected chi connectivity index (χ3v) is 4.71. The number of hydrogen-bond acceptors (Lipinski definition) is 3. The number of amides is 1. The molecule has 0 unspecified atom stereocenters. The third kappa shape index (κ3) is 3.45. The first-order valence-corrected chi connectivity index (χ1v) is 7.33. The molecule has 0 spiro atoms. The topological polar surface area (TPSA) is 75.3 Å². The molecule has 4 heteroatoms. The number of hydrogen-bond donors (Lipinski definition) is 3. The van der Waals surface area contributed by atoms with Crippen LogP contribution in [0.4, 0.5) is 0 Å². The van der Waals surface area contributed by atoms with Crippen LogP contribution < -0.4 is 11.1 Å². The monoisotopic (exact) mass is 254 g/mol. The van der Waals surface area contributed by atoms with E-state index in [9.17, 15) is 9.90 Å². The van der Waals surface area contributed by atoms with Crippen LogP contribution in [0.1, 0.15) is 51.4 Å². The van der Waals surface area contributed by atoms with Crippen molar-refractivity contribution in [2.75, 3.05) is 13.1 Å². The molecule has 0 atom stereocenters. The van der Waals surface area contributed by atoms with E-state index in [-0.39, 0.29) is 11.8 Å². The van der Waals surface area contributed by atoms with Gasteiger partial charge in [0.2, 0.25) is 5.91 Å². The van der Waals surface area contributed by atoms with E-state index in [1.807, 2.05) is 0 Å². The van der Waals surface area contributed by atoms with Crippen LogP contribution in [-0.4, -0.2) is 29.7 Å². The fourth-order valence-electron chi connectivity index (χ4n) is 3.23. The number of carbonyl (C=O) groups excluding carboxylic acids is 1. The van der Waals surface area contributed by atoms with Crippen molar-refractivity contribution in [2.24, 2.45) is 17.6 Å². The first-order valence-electron chi connectivity index (χ1n) is 7.33. The Morgan fingerprint density at radius 2 is 1.83 bits per heavy atom. The molecule has 4 nitrogen and oxygen atoms in total. The largest absolute Gasteiger partial charge is 0.389 e. The van der Waals surface area contributed by atoms with Crippen LogP contribution >= 0.6 is 0 Å². The summed E-state index contributed by atoms with van der Waals surface area (Å²) in [4.78, 5) is 12.0. The molecule has 0 bridgehead atoms. The Morgan fingerprint density at radius 3 is 2.39 bits per heavy atom. The van der Waals surface area contributed by atoms with Gasteiger partial charge in [0.25, 0.3) is 0 Å². The Labute approximate surface area is 109 Å². The average Bonchev–Trinajstić information content (AvgIpc) is 2.90. The van der Waals surface area contributed by atoms with Gasteiger partial charge in [0.05, 0.1) is 5.60 Å². The molecular weight excluding hydrogens is 228 g/mol. The van der Waals surface area contributed by atoms with Crippen molar-refractivity contribution in [3.05, 3.63) is 0 Å². The van der Waals surface area contributed by atoms with E-state index in [0.29, 0.717) is 25.3 Å². The first kappa shape index (κ1) is 13.8. The zero-order valence-electron chi connectivity index (χ0n) is 11.2. The summed E-state index contributed by atoms with van der Waals surface area (Å²) >= 11 is 0. The maximum absolute atomic E-state index is 12.0. The molecule has 0 radical (unpaired) electrons. The maximum Gasteiger partial charge on any atom is 0.223 e. The van der Waals surface area contributed by atoms with Crippen LogP contribution in [0.15, 0.2) is 0 Å². The quantitative estimate of drug-likeness (QED) is 0.705. The number of nitrogens with one attached hydrogen (secondary N) is 1. The molecular formula is C14H26N2O2. The lowest BCUT2D eigenvalue weighted by Gasteiger charge is -2.34. The lowest BCUT2D eigenvalue weighted by atomic mass is 9.78. The van der Waals surface area contributed by atoms with E-state index in [4.69, 9.17) is 5.73 Å². The smallest absolute Gasteiger partial charge is 0.223 e. The zero-order valence-corrected chi connectivity index (χ0v) is 11.2. The molecule has 4 N–H and O–H groups in total. The molecule has 2 rings (SSSR count). The summed E-state index contributed by atoms with van der Waals surface area (Å²) in [6, 6.07) is 0. The van der Waals surface area contributed by atoms with Gasteiger partial charge < -0.3 is 16.2 Å². The SMILES string of the molecule is NCC1(O)CCC(C(=O)NCC2CCCC2)CC1. The molecule has 0 aromatic rings. The van der Waals surface area contributed by atoms with Crippen LogP contribution in [0.5, 0.6) is 0 Å². The summed E-state index contributed by atoms with van der Waals surface area (Å²) in [5.74, 6) is 0.956. The Kier molecular flexibility index (Phi) is 4.62. The third-order valence-electron chi connectivity index (χ3n) is 4.71. The van der Waals surface area contributed by atoms with E-state index >= 15 is 0 Å². The van der Waals surface area contributed by atoms with Gasteiger partial charge in [-0.15, -0.1) is 0 Å². The second-order valence-corrected chi connectivity index (χ2v) is 6.10. The highest BCUT2D eigenvalue weighted by atomic mass is 16.3. The van der Waals surface area contributed by atoms with Gasteiger partial charge in [-0.25, -0.2) is 0 Å². The predicted molar refractivity (Wildman–Crippen MR) is 70.9 cm³/mol. The van der Waals surface area contributed by atoms with E-state index in [1.165, 1.54) is 25.7 Å². The normalized spacial score (nSPS) is 33.6. The zero-order chi connectivity index (χ0) is 13.0. The van der Waals surface area contributed by atoms with Crippen LogP contribution in [0.3, 0.4) is 0 Å². The maximum atomic E-state index is 12.0. The minimum absolute atomic E-state index is 0.0817. The van der Waals surface area contributed by atoms with E-state index in [1.54, 1.807) is 0 Å². The lowest BCUT2D eigenvalue weighted by molar-refractivity contribution is -0.127. The fraction of sp³-hybridized carbons (Fsp3) is 0.929. The van der Waals surface area contributed by atoms with Gasteiger partial charge >= 0.3 is 0 Å². The minimum atomic E-state index is -0.720. The lowest BCUT2D eigenvalue weighted by Crippen LogP contribution is -2.44. The first-order chi connectivity index (χ1) is 8.63. The molecule has 0 aromatic heterocycles. The second-order valence-electron chi connectivity index (χ2n) is 6.10. The molecule has 2 aliphatic rings. The van der Waals surface area contributed by atoms with Gasteiger partial charge in [0.15, 0.2) is 0 Å². The number of aliphatic hydroxyl groups is 1. The summed E-state index contributed by atoms with van der Waals surface area (Å²) in [6.07, 6.45) is 8.00. The van der Waals surface area contributed by atoms with E-state index in [0.717, 1.165) is 19.4 Å². The van der Waals surface area contributed by atoms with E-state index in [2.05, 4.69) is 5.32 Å². The fourth-order valence-corrected chi connectivity index (χ4v) is 3.23. The molecule has 0 aromatic carbocycles. The van der Waals surface area contributed by atoms with Gasteiger partial charge in [0.1, 0.15) is 0 Å². The highest BCUT2D eigenvalue weighted by Gasteiger charge is 2.34. The Hall–Kier alpha value is -0.610. The summed E-state index contributed by atoms with van der Waals surface area (Å²) in [7, 11) is 0. The number of nitrogens with two attached hydrogens (primary N) is 1. The van der Waals surface area contributed by atoms with Crippen LogP contribution in [0.25, 0.3) is 0 Å². The molecule has 0 aliphatic heterocycles. The van der Waals surface area contributed by atoms with Crippen molar-refractivity contribution < 1.29 is 9.90 Å². The van der Waals surface area contributed by atoms with Crippen LogP contribution in [0.2, 0.25) is 0 Å². The highest BCUT2D eigenvalue weighted by molar-refractivity contribution is 5.78. The molecule has 2 fully saturated rings. The Balaban J connectivity index is 1.70. The van der Waals surface area contributed by atoms with Crippen molar-refractivity contribution in [3.63, 3.8) is 0 Å². The molecule has 104 valence electrons.